The van der Waals surface area contributed by atoms with E-state index in [-0.39, 0.29) is 26.4 Å². The van der Waals surface area contributed by atoms with Gasteiger partial charge in [-0.25, -0.2) is 0 Å². The number of ether oxygens (including phenoxy) is 2. The van der Waals surface area contributed by atoms with E-state index in [0.717, 1.165) is 13.2 Å². The zero-order valence-corrected chi connectivity index (χ0v) is 15.7. The molecule has 4 N–H and O–H groups in total. The highest BCUT2D eigenvalue weighted by molar-refractivity contribution is 4.52. The Balaban J connectivity index is 0. The lowest BCUT2D eigenvalue weighted by atomic mass is 10.2. The van der Waals surface area contributed by atoms with Crippen LogP contribution in [0.3, 0.4) is 0 Å². The smallest absolute Gasteiger partial charge is 0.100 e. The minimum absolute atomic E-state index is 0.0342. The molecule has 0 rings (SSSR count). The summed E-state index contributed by atoms with van der Waals surface area (Å²) in [6.45, 7) is 5.64. The minimum Gasteiger partial charge on any atom is -0.394 e. The van der Waals surface area contributed by atoms with Crippen molar-refractivity contribution in [2.75, 3.05) is 39.6 Å². The molecule has 0 aromatic carbocycles. The fourth-order valence-electron chi connectivity index (χ4n) is 1.81. The average molecular weight is 353 g/mol. The molecule has 24 heavy (non-hydrogen) atoms. The summed E-state index contributed by atoms with van der Waals surface area (Å²) in [5.74, 6) is 0. The van der Waals surface area contributed by atoms with Crippen molar-refractivity contribution < 1.29 is 29.9 Å². The summed E-state index contributed by atoms with van der Waals surface area (Å²) in [6, 6.07) is 0. The van der Waals surface area contributed by atoms with Crippen LogP contribution < -0.4 is 0 Å². The maximum Gasteiger partial charge on any atom is 0.100 e. The first kappa shape index (κ1) is 26.0. The number of hydrogen-bond donors (Lipinski definition) is 4. The van der Waals surface area contributed by atoms with Crippen LogP contribution in [0.1, 0.15) is 65.2 Å². The third kappa shape index (κ3) is 24.0. The van der Waals surface area contributed by atoms with Crippen LogP contribution >= 0.6 is 0 Å². The maximum absolute atomic E-state index is 8.72. The molecule has 0 aromatic heterocycles. The largest absolute Gasteiger partial charge is 0.394 e. The summed E-state index contributed by atoms with van der Waals surface area (Å²) < 4.78 is 10.2. The highest BCUT2D eigenvalue weighted by Gasteiger charge is 2.04. The Morgan fingerprint density at radius 3 is 1.38 bits per heavy atom. The Labute approximate surface area is 147 Å². The normalized spacial score (nSPS) is 13.2. The van der Waals surface area contributed by atoms with Crippen LogP contribution in [-0.4, -0.2) is 72.3 Å². The summed E-state index contributed by atoms with van der Waals surface area (Å²) in [4.78, 5) is 0. The Bertz CT molecular complexity index is 196. The second-order valence-electron chi connectivity index (χ2n) is 5.94. The Morgan fingerprint density at radius 2 is 1.04 bits per heavy atom. The van der Waals surface area contributed by atoms with Crippen molar-refractivity contribution in [2.45, 2.75) is 77.4 Å². The summed E-state index contributed by atoms with van der Waals surface area (Å²) >= 11 is 0. The topological polar surface area (TPSA) is 99.4 Å². The van der Waals surface area contributed by atoms with Crippen LogP contribution in [0.5, 0.6) is 0 Å². The standard InChI is InChI=1S/C12H26O.C6H14O5/c1-3-5-7-9-11-13-12-10-8-6-4-2;7-1-5(9)3-11-4-6(10)2-8/h3-12H2,1-2H3;5-10H,1-4H2. The number of rotatable bonds is 16. The van der Waals surface area contributed by atoms with Gasteiger partial charge in [0.1, 0.15) is 12.2 Å². The van der Waals surface area contributed by atoms with Gasteiger partial charge in [-0.15, -0.1) is 0 Å². The third-order valence-electron chi connectivity index (χ3n) is 3.33. The molecule has 2 atom stereocenters. The lowest BCUT2D eigenvalue weighted by molar-refractivity contribution is -0.0364. The quantitative estimate of drug-likeness (QED) is 0.317. The molecule has 148 valence electrons. The molecule has 0 amide bonds. The van der Waals surface area contributed by atoms with Gasteiger partial charge in [-0.3, -0.25) is 0 Å². The van der Waals surface area contributed by atoms with E-state index in [1.807, 2.05) is 0 Å². The first-order valence-electron chi connectivity index (χ1n) is 9.35. The van der Waals surface area contributed by atoms with E-state index in [9.17, 15) is 0 Å². The molecule has 0 saturated heterocycles. The van der Waals surface area contributed by atoms with Gasteiger partial charge in [0.25, 0.3) is 0 Å². The molecule has 0 saturated carbocycles. The Hall–Kier alpha value is -0.240. The van der Waals surface area contributed by atoms with Gasteiger partial charge in [-0.05, 0) is 12.8 Å². The summed E-state index contributed by atoms with van der Waals surface area (Å²) in [6.07, 6.45) is 8.70. The van der Waals surface area contributed by atoms with Crippen LogP contribution in [-0.2, 0) is 9.47 Å². The first-order valence-corrected chi connectivity index (χ1v) is 9.35. The first-order chi connectivity index (χ1) is 11.6. The summed E-state index contributed by atoms with van der Waals surface area (Å²) in [7, 11) is 0. The van der Waals surface area contributed by atoms with Crippen molar-refractivity contribution in [3.05, 3.63) is 0 Å². The van der Waals surface area contributed by atoms with E-state index in [2.05, 4.69) is 13.8 Å². The second kappa shape index (κ2) is 22.8. The van der Waals surface area contributed by atoms with Crippen molar-refractivity contribution >= 4 is 0 Å². The molecule has 6 heteroatoms. The van der Waals surface area contributed by atoms with Gasteiger partial charge in [-0.2, -0.15) is 0 Å². The highest BCUT2D eigenvalue weighted by atomic mass is 16.5. The van der Waals surface area contributed by atoms with Crippen molar-refractivity contribution in [1.82, 2.24) is 0 Å². The molecule has 0 radical (unpaired) electrons. The lowest BCUT2D eigenvalue weighted by Crippen LogP contribution is -2.25. The van der Waals surface area contributed by atoms with E-state index < -0.39 is 12.2 Å². The molecule has 0 aliphatic carbocycles. The third-order valence-corrected chi connectivity index (χ3v) is 3.33. The molecule has 0 aliphatic rings. The van der Waals surface area contributed by atoms with Gasteiger partial charge in [-0.1, -0.05) is 52.4 Å². The molecule has 0 heterocycles. The molecular formula is C18H40O6. The highest BCUT2D eigenvalue weighted by Crippen LogP contribution is 2.01. The van der Waals surface area contributed by atoms with E-state index in [0.29, 0.717) is 0 Å². The minimum atomic E-state index is -0.916. The zero-order valence-electron chi connectivity index (χ0n) is 15.7. The van der Waals surface area contributed by atoms with Gasteiger partial charge < -0.3 is 29.9 Å². The van der Waals surface area contributed by atoms with Gasteiger partial charge in [0.2, 0.25) is 0 Å². The number of aliphatic hydroxyl groups excluding tert-OH is 4. The SMILES string of the molecule is CCCCCCOCCCCCC.OCC(O)COCC(O)CO. The van der Waals surface area contributed by atoms with Gasteiger partial charge in [0.15, 0.2) is 0 Å². The van der Waals surface area contributed by atoms with Crippen LogP contribution in [0.4, 0.5) is 0 Å². The fraction of sp³-hybridized carbons (Fsp3) is 1.00. The van der Waals surface area contributed by atoms with Crippen LogP contribution in [0, 0.1) is 0 Å². The van der Waals surface area contributed by atoms with Crippen molar-refractivity contribution in [3.8, 4) is 0 Å². The number of aliphatic hydroxyl groups is 4. The Morgan fingerprint density at radius 1 is 0.625 bits per heavy atom. The predicted molar refractivity (Wildman–Crippen MR) is 96.1 cm³/mol. The molecule has 6 nitrogen and oxygen atoms in total. The average Bonchev–Trinajstić information content (AvgIpc) is 2.60. The second-order valence-corrected chi connectivity index (χ2v) is 5.94. The number of unbranched alkanes of at least 4 members (excludes halogenated alkanes) is 6. The van der Waals surface area contributed by atoms with E-state index >= 15 is 0 Å². The maximum atomic E-state index is 8.72. The number of hydrogen-bond acceptors (Lipinski definition) is 6. The molecule has 0 fully saturated rings. The van der Waals surface area contributed by atoms with Crippen molar-refractivity contribution in [3.63, 3.8) is 0 Å². The van der Waals surface area contributed by atoms with Crippen molar-refractivity contribution in [2.24, 2.45) is 0 Å². The van der Waals surface area contributed by atoms with Gasteiger partial charge in [0, 0.05) is 13.2 Å². The Kier molecular flexibility index (Phi) is 24.7. The molecule has 0 aromatic rings. The summed E-state index contributed by atoms with van der Waals surface area (Å²) in [5.41, 5.74) is 0. The molecule has 0 aliphatic heterocycles. The monoisotopic (exact) mass is 352 g/mol. The zero-order chi connectivity index (χ0) is 18.5. The molecule has 0 bridgehead atoms. The molecule has 0 spiro atoms. The fourth-order valence-corrected chi connectivity index (χ4v) is 1.81. The van der Waals surface area contributed by atoms with E-state index in [4.69, 9.17) is 29.9 Å². The van der Waals surface area contributed by atoms with Crippen LogP contribution in [0.25, 0.3) is 0 Å². The van der Waals surface area contributed by atoms with Crippen molar-refractivity contribution in [1.29, 1.82) is 0 Å². The summed E-state index contributed by atoms with van der Waals surface area (Å²) in [5, 5.41) is 34.1. The van der Waals surface area contributed by atoms with Gasteiger partial charge in [0.05, 0.1) is 26.4 Å². The van der Waals surface area contributed by atoms with Gasteiger partial charge >= 0.3 is 0 Å². The predicted octanol–water partition coefficient (Wildman–Crippen LogP) is 1.87. The molecular weight excluding hydrogens is 312 g/mol. The van der Waals surface area contributed by atoms with Crippen LogP contribution in [0.2, 0.25) is 0 Å². The van der Waals surface area contributed by atoms with E-state index in [1.165, 1.54) is 51.4 Å². The van der Waals surface area contributed by atoms with Crippen LogP contribution in [0.15, 0.2) is 0 Å². The molecule has 2 unspecified atom stereocenters. The van der Waals surface area contributed by atoms with E-state index in [1.54, 1.807) is 0 Å². The lowest BCUT2D eigenvalue weighted by Gasteiger charge is -2.10.